The zero-order valence-electron chi connectivity index (χ0n) is 25.7. The molecule has 0 saturated carbocycles. The van der Waals surface area contributed by atoms with Crippen LogP contribution < -0.4 is 23.8 Å². The molecule has 1 heterocycles. The van der Waals surface area contributed by atoms with Crippen molar-refractivity contribution in [2.24, 2.45) is 5.92 Å². The number of amides is 2. The standard InChI is InChI=1S/C33H41N3O7S/c1-5-44(39,40)36(27-14-15-30-31(20-27)43-17-16-42-30)23-32(37)35(22-26-12-9-13-28(18-26)41-4)29(33(38)34-21-24(2)3)19-25-10-7-6-8-11-25/h6-15,18,20,24,29H,5,16-17,19,21-23H2,1-4H3,(H,34,38)/t29-/m1/s1. The number of carbonyl (C=O) groups is 2. The van der Waals surface area contributed by atoms with E-state index in [1.165, 1.54) is 11.8 Å². The molecule has 0 unspecified atom stereocenters. The predicted octanol–water partition coefficient (Wildman–Crippen LogP) is 4.03. The van der Waals surface area contributed by atoms with E-state index in [-0.39, 0.29) is 36.2 Å². The zero-order valence-corrected chi connectivity index (χ0v) is 26.5. The maximum Gasteiger partial charge on any atom is 0.244 e. The number of benzene rings is 3. The summed E-state index contributed by atoms with van der Waals surface area (Å²) >= 11 is 0. The molecule has 0 fully saturated rings. The third kappa shape index (κ3) is 8.43. The molecule has 0 radical (unpaired) electrons. The summed E-state index contributed by atoms with van der Waals surface area (Å²) in [4.78, 5) is 29.6. The van der Waals surface area contributed by atoms with Gasteiger partial charge in [0.25, 0.3) is 0 Å². The molecule has 2 amide bonds. The summed E-state index contributed by atoms with van der Waals surface area (Å²) in [6.07, 6.45) is 0.241. The van der Waals surface area contributed by atoms with Gasteiger partial charge in [0, 0.05) is 25.6 Å². The van der Waals surface area contributed by atoms with Crippen molar-refractivity contribution in [3.63, 3.8) is 0 Å². The van der Waals surface area contributed by atoms with E-state index in [0.29, 0.717) is 37.0 Å². The van der Waals surface area contributed by atoms with Crippen molar-refractivity contribution in [1.29, 1.82) is 0 Å². The quantitative estimate of drug-likeness (QED) is 0.288. The molecule has 10 nitrogen and oxygen atoms in total. The van der Waals surface area contributed by atoms with E-state index in [4.69, 9.17) is 14.2 Å². The lowest BCUT2D eigenvalue weighted by Gasteiger charge is -2.34. The largest absolute Gasteiger partial charge is 0.497 e. The maximum atomic E-state index is 14.4. The van der Waals surface area contributed by atoms with Crippen molar-refractivity contribution in [3.8, 4) is 17.2 Å². The molecule has 0 aliphatic carbocycles. The number of methoxy groups -OCH3 is 1. The number of hydrogen-bond acceptors (Lipinski definition) is 7. The molecule has 0 aromatic heterocycles. The lowest BCUT2D eigenvalue weighted by molar-refractivity contribution is -0.140. The molecule has 0 saturated heterocycles. The van der Waals surface area contributed by atoms with Gasteiger partial charge in [-0.15, -0.1) is 0 Å². The lowest BCUT2D eigenvalue weighted by Crippen LogP contribution is -2.54. The van der Waals surface area contributed by atoms with E-state index in [9.17, 15) is 18.0 Å². The molecule has 3 aromatic carbocycles. The van der Waals surface area contributed by atoms with Gasteiger partial charge in [0.15, 0.2) is 11.5 Å². The van der Waals surface area contributed by atoms with Crippen LogP contribution in [-0.4, -0.2) is 70.3 Å². The first-order chi connectivity index (χ1) is 21.1. The molecule has 1 aliphatic heterocycles. The third-order valence-electron chi connectivity index (χ3n) is 7.24. The minimum atomic E-state index is -3.91. The van der Waals surface area contributed by atoms with Crippen LogP contribution in [0, 0.1) is 5.92 Å². The van der Waals surface area contributed by atoms with Crippen molar-refractivity contribution >= 4 is 27.5 Å². The van der Waals surface area contributed by atoms with Crippen LogP contribution >= 0.6 is 0 Å². The second-order valence-corrected chi connectivity index (χ2v) is 13.1. The van der Waals surface area contributed by atoms with Gasteiger partial charge < -0.3 is 24.4 Å². The molecule has 1 N–H and O–H groups in total. The normalized spacial score (nSPS) is 13.2. The van der Waals surface area contributed by atoms with Gasteiger partial charge in [-0.3, -0.25) is 13.9 Å². The molecule has 3 aromatic rings. The van der Waals surface area contributed by atoms with Gasteiger partial charge in [-0.25, -0.2) is 8.42 Å². The van der Waals surface area contributed by atoms with E-state index in [2.05, 4.69) is 5.32 Å². The van der Waals surface area contributed by atoms with Gasteiger partial charge in [0.1, 0.15) is 31.5 Å². The number of anilines is 1. The number of rotatable bonds is 14. The summed E-state index contributed by atoms with van der Waals surface area (Å²) < 4.78 is 44.6. The van der Waals surface area contributed by atoms with Crippen molar-refractivity contribution in [1.82, 2.24) is 10.2 Å². The number of hydrogen-bond donors (Lipinski definition) is 1. The first-order valence-corrected chi connectivity index (χ1v) is 16.4. The van der Waals surface area contributed by atoms with Gasteiger partial charge >= 0.3 is 0 Å². The molecule has 4 rings (SSSR count). The number of sulfonamides is 1. The SMILES string of the molecule is CCS(=O)(=O)N(CC(=O)N(Cc1cccc(OC)c1)[C@H](Cc1ccccc1)C(=O)NCC(C)C)c1ccc2c(c1)OCCO2. The van der Waals surface area contributed by atoms with Crippen LogP contribution in [-0.2, 0) is 32.6 Å². The van der Waals surface area contributed by atoms with E-state index in [1.54, 1.807) is 37.4 Å². The second kappa shape index (κ2) is 15.0. The molecular formula is C33H41N3O7S. The Bertz CT molecular complexity index is 1530. The summed E-state index contributed by atoms with van der Waals surface area (Å²) in [7, 11) is -2.35. The average molecular weight is 624 g/mol. The van der Waals surface area contributed by atoms with Crippen LogP contribution in [0.3, 0.4) is 0 Å². The monoisotopic (exact) mass is 623 g/mol. The van der Waals surface area contributed by atoms with Crippen molar-refractivity contribution in [3.05, 3.63) is 83.9 Å². The molecule has 1 aliphatic rings. The number of nitrogens with one attached hydrogen (secondary N) is 1. The molecule has 0 bridgehead atoms. The first-order valence-electron chi connectivity index (χ1n) is 14.7. The van der Waals surface area contributed by atoms with Gasteiger partial charge in [0.2, 0.25) is 21.8 Å². The Balaban J connectivity index is 1.75. The van der Waals surface area contributed by atoms with E-state index >= 15 is 0 Å². The number of carbonyl (C=O) groups excluding carboxylic acids is 2. The van der Waals surface area contributed by atoms with E-state index in [1.807, 2.05) is 56.3 Å². The smallest absolute Gasteiger partial charge is 0.244 e. The lowest BCUT2D eigenvalue weighted by atomic mass is 10.0. The average Bonchev–Trinajstić information content (AvgIpc) is 3.04. The van der Waals surface area contributed by atoms with Gasteiger partial charge in [-0.2, -0.15) is 0 Å². The predicted molar refractivity (Wildman–Crippen MR) is 170 cm³/mol. The first kappa shape index (κ1) is 32.7. The molecule has 1 atom stereocenters. The van der Waals surface area contributed by atoms with Gasteiger partial charge in [-0.05, 0) is 48.2 Å². The third-order valence-corrected chi connectivity index (χ3v) is 8.98. The minimum absolute atomic E-state index is 0.0593. The summed E-state index contributed by atoms with van der Waals surface area (Å²) in [5.41, 5.74) is 1.87. The highest BCUT2D eigenvalue weighted by Gasteiger charge is 2.34. The zero-order chi connectivity index (χ0) is 31.7. The summed E-state index contributed by atoms with van der Waals surface area (Å²) in [6.45, 7) is 6.21. The molecule has 236 valence electrons. The van der Waals surface area contributed by atoms with E-state index in [0.717, 1.165) is 15.4 Å². The Kier molecular flexibility index (Phi) is 11.1. The van der Waals surface area contributed by atoms with Gasteiger partial charge in [0.05, 0.1) is 18.6 Å². The van der Waals surface area contributed by atoms with Crippen molar-refractivity contribution < 1.29 is 32.2 Å². The molecule has 11 heteroatoms. The fourth-order valence-electron chi connectivity index (χ4n) is 4.85. The Labute approximate surface area is 260 Å². The fraction of sp³-hybridized carbons (Fsp3) is 0.394. The van der Waals surface area contributed by atoms with Crippen LogP contribution in [0.1, 0.15) is 31.9 Å². The number of ether oxygens (including phenoxy) is 3. The highest BCUT2D eigenvalue weighted by molar-refractivity contribution is 7.92. The van der Waals surface area contributed by atoms with Crippen LogP contribution in [0.2, 0.25) is 0 Å². The Morgan fingerprint density at radius 1 is 0.932 bits per heavy atom. The Morgan fingerprint density at radius 2 is 1.64 bits per heavy atom. The fourth-order valence-corrected chi connectivity index (χ4v) is 5.90. The van der Waals surface area contributed by atoms with Crippen LogP contribution in [0.15, 0.2) is 72.8 Å². The van der Waals surface area contributed by atoms with Gasteiger partial charge in [-0.1, -0.05) is 56.3 Å². The molecule has 44 heavy (non-hydrogen) atoms. The molecule has 0 spiro atoms. The summed E-state index contributed by atoms with van der Waals surface area (Å²) in [5.74, 6) is 0.630. The number of fused-ring (bicyclic) bond motifs is 1. The Morgan fingerprint density at radius 3 is 2.32 bits per heavy atom. The van der Waals surface area contributed by atoms with Crippen molar-refractivity contribution in [2.75, 3.05) is 43.5 Å². The summed E-state index contributed by atoms with van der Waals surface area (Å²) in [6, 6.07) is 20.6. The highest BCUT2D eigenvalue weighted by Crippen LogP contribution is 2.35. The topological polar surface area (TPSA) is 114 Å². The van der Waals surface area contributed by atoms with E-state index < -0.39 is 28.5 Å². The van der Waals surface area contributed by atoms with Crippen LogP contribution in [0.25, 0.3) is 0 Å². The summed E-state index contributed by atoms with van der Waals surface area (Å²) in [5, 5.41) is 2.99. The molecular weight excluding hydrogens is 582 g/mol. The number of nitrogens with zero attached hydrogens (tertiary/aromatic N) is 2. The van der Waals surface area contributed by atoms with Crippen LogP contribution in [0.4, 0.5) is 5.69 Å². The van der Waals surface area contributed by atoms with Crippen molar-refractivity contribution in [2.45, 2.75) is 39.8 Å². The Hall–Kier alpha value is -4.25. The minimum Gasteiger partial charge on any atom is -0.497 e. The van der Waals surface area contributed by atoms with Crippen LogP contribution in [0.5, 0.6) is 17.2 Å². The maximum absolute atomic E-state index is 14.4. The second-order valence-electron chi connectivity index (χ2n) is 11.0. The highest BCUT2D eigenvalue weighted by atomic mass is 32.2.